The van der Waals surface area contributed by atoms with Gasteiger partial charge < -0.3 is 10.1 Å². The quantitative estimate of drug-likeness (QED) is 0.724. The number of carbonyl (C=O) groups is 1. The highest BCUT2D eigenvalue weighted by atomic mass is 19.1. The van der Waals surface area contributed by atoms with Gasteiger partial charge in [0.2, 0.25) is 0 Å². The summed E-state index contributed by atoms with van der Waals surface area (Å²) in [6.45, 7) is 2.71. The Kier molecular flexibility index (Phi) is 5.59. The number of hydrogen-bond donors (Lipinski definition) is 1. The molecule has 0 aliphatic carbocycles. The van der Waals surface area contributed by atoms with Crippen molar-refractivity contribution in [2.24, 2.45) is 0 Å². The molecule has 0 bridgehead atoms. The zero-order valence-electron chi connectivity index (χ0n) is 14.4. The molecule has 3 aromatic rings. The Morgan fingerprint density at radius 3 is 2.62 bits per heavy atom. The third kappa shape index (κ3) is 4.25. The SMILES string of the molecule is CCOc1cc(F)ccc1-c1ccc(C(=O)NCc2ccccc2)nc1. The lowest BCUT2D eigenvalue weighted by Gasteiger charge is -2.11. The number of rotatable bonds is 6. The van der Waals surface area contributed by atoms with E-state index in [2.05, 4.69) is 10.3 Å². The van der Waals surface area contributed by atoms with E-state index < -0.39 is 0 Å². The summed E-state index contributed by atoms with van der Waals surface area (Å²) in [6, 6.07) is 17.5. The smallest absolute Gasteiger partial charge is 0.270 e. The van der Waals surface area contributed by atoms with Crippen molar-refractivity contribution in [2.75, 3.05) is 6.61 Å². The van der Waals surface area contributed by atoms with Gasteiger partial charge in [0.25, 0.3) is 5.91 Å². The summed E-state index contributed by atoms with van der Waals surface area (Å²) >= 11 is 0. The van der Waals surface area contributed by atoms with Gasteiger partial charge in [-0.2, -0.15) is 0 Å². The summed E-state index contributed by atoms with van der Waals surface area (Å²) in [4.78, 5) is 16.5. The molecule has 1 aromatic heterocycles. The maximum Gasteiger partial charge on any atom is 0.270 e. The summed E-state index contributed by atoms with van der Waals surface area (Å²) in [7, 11) is 0. The summed E-state index contributed by atoms with van der Waals surface area (Å²) < 4.78 is 18.9. The monoisotopic (exact) mass is 350 g/mol. The lowest BCUT2D eigenvalue weighted by molar-refractivity contribution is 0.0946. The minimum Gasteiger partial charge on any atom is -0.493 e. The summed E-state index contributed by atoms with van der Waals surface area (Å²) in [5, 5.41) is 2.84. The molecule has 0 aliphatic rings. The van der Waals surface area contributed by atoms with E-state index in [1.54, 1.807) is 24.4 Å². The predicted octanol–water partition coefficient (Wildman–Crippen LogP) is 4.22. The van der Waals surface area contributed by atoms with Crippen LogP contribution in [-0.2, 0) is 6.54 Å². The fraction of sp³-hybridized carbons (Fsp3) is 0.143. The largest absolute Gasteiger partial charge is 0.493 e. The number of benzene rings is 2. The molecule has 0 unspecified atom stereocenters. The molecule has 2 aromatic carbocycles. The van der Waals surface area contributed by atoms with Crippen LogP contribution >= 0.6 is 0 Å². The molecule has 0 saturated carbocycles. The Morgan fingerprint density at radius 1 is 1.12 bits per heavy atom. The van der Waals surface area contributed by atoms with Crippen molar-refractivity contribution in [3.8, 4) is 16.9 Å². The second-order valence-electron chi connectivity index (χ2n) is 5.67. The maximum atomic E-state index is 13.4. The molecule has 5 heteroatoms. The molecule has 1 N–H and O–H groups in total. The number of nitrogens with one attached hydrogen (secondary N) is 1. The maximum absolute atomic E-state index is 13.4. The summed E-state index contributed by atoms with van der Waals surface area (Å²) in [5.74, 6) is -0.151. The second kappa shape index (κ2) is 8.25. The third-order valence-corrected chi connectivity index (χ3v) is 3.85. The van der Waals surface area contributed by atoms with Crippen LogP contribution in [0.15, 0.2) is 66.9 Å². The highest BCUT2D eigenvalue weighted by molar-refractivity contribution is 5.92. The molecule has 26 heavy (non-hydrogen) atoms. The predicted molar refractivity (Wildman–Crippen MR) is 98.4 cm³/mol. The molecule has 0 fully saturated rings. The summed E-state index contributed by atoms with van der Waals surface area (Å²) in [5.41, 5.74) is 2.83. The second-order valence-corrected chi connectivity index (χ2v) is 5.67. The van der Waals surface area contributed by atoms with E-state index in [0.717, 1.165) is 16.7 Å². The van der Waals surface area contributed by atoms with Crippen LogP contribution in [0.1, 0.15) is 23.0 Å². The van der Waals surface area contributed by atoms with Crippen LogP contribution in [0.2, 0.25) is 0 Å². The van der Waals surface area contributed by atoms with Gasteiger partial charge in [0.15, 0.2) is 0 Å². The van der Waals surface area contributed by atoms with Crippen LogP contribution < -0.4 is 10.1 Å². The normalized spacial score (nSPS) is 10.4. The molecule has 4 nitrogen and oxygen atoms in total. The van der Waals surface area contributed by atoms with Crippen molar-refractivity contribution in [1.29, 1.82) is 0 Å². The average molecular weight is 350 g/mol. The van der Waals surface area contributed by atoms with Crippen LogP contribution in [-0.4, -0.2) is 17.5 Å². The Hall–Kier alpha value is -3.21. The Morgan fingerprint density at radius 2 is 1.92 bits per heavy atom. The molecule has 0 atom stereocenters. The number of aromatic nitrogens is 1. The molecular formula is C21H19FN2O2. The number of pyridine rings is 1. The molecule has 0 spiro atoms. The first-order chi connectivity index (χ1) is 12.7. The fourth-order valence-electron chi connectivity index (χ4n) is 2.57. The first-order valence-electron chi connectivity index (χ1n) is 8.38. The molecule has 0 saturated heterocycles. The first kappa shape index (κ1) is 17.6. The Balaban J connectivity index is 1.73. The van der Waals surface area contributed by atoms with Gasteiger partial charge in [0, 0.05) is 29.9 Å². The van der Waals surface area contributed by atoms with Crippen LogP contribution in [0.5, 0.6) is 5.75 Å². The van der Waals surface area contributed by atoms with Crippen LogP contribution in [0.4, 0.5) is 4.39 Å². The minimum atomic E-state index is -0.359. The van der Waals surface area contributed by atoms with Gasteiger partial charge in [0.05, 0.1) is 6.61 Å². The van der Waals surface area contributed by atoms with Crippen LogP contribution in [0, 0.1) is 5.82 Å². The number of nitrogens with zero attached hydrogens (tertiary/aromatic N) is 1. The molecule has 3 rings (SSSR count). The van der Waals surface area contributed by atoms with Crippen LogP contribution in [0.3, 0.4) is 0 Å². The van der Waals surface area contributed by atoms with Gasteiger partial charge in [-0.3, -0.25) is 9.78 Å². The molecule has 1 heterocycles. The molecule has 0 aliphatic heterocycles. The van der Waals surface area contributed by atoms with E-state index in [-0.39, 0.29) is 11.7 Å². The standard InChI is InChI=1S/C21H19FN2O2/c1-2-26-20-12-17(22)9-10-18(20)16-8-11-19(23-14-16)21(25)24-13-15-6-4-3-5-7-15/h3-12,14H,2,13H2,1H3,(H,24,25). The average Bonchev–Trinajstić information content (AvgIpc) is 2.67. The topological polar surface area (TPSA) is 51.2 Å². The molecule has 1 amide bonds. The first-order valence-corrected chi connectivity index (χ1v) is 8.38. The van der Waals surface area contributed by atoms with Gasteiger partial charge in [0.1, 0.15) is 17.3 Å². The van der Waals surface area contributed by atoms with E-state index in [1.165, 1.54) is 12.1 Å². The van der Waals surface area contributed by atoms with Crippen molar-refractivity contribution >= 4 is 5.91 Å². The zero-order chi connectivity index (χ0) is 18.4. The van der Waals surface area contributed by atoms with Gasteiger partial charge in [-0.25, -0.2) is 4.39 Å². The third-order valence-electron chi connectivity index (χ3n) is 3.85. The number of hydrogen-bond acceptors (Lipinski definition) is 3. The number of amides is 1. The fourth-order valence-corrected chi connectivity index (χ4v) is 2.57. The molecule has 132 valence electrons. The van der Waals surface area contributed by atoms with Crippen molar-refractivity contribution < 1.29 is 13.9 Å². The number of ether oxygens (including phenoxy) is 1. The van der Waals surface area contributed by atoms with E-state index >= 15 is 0 Å². The Bertz CT molecular complexity index is 880. The van der Waals surface area contributed by atoms with Crippen molar-refractivity contribution in [3.05, 3.63) is 83.9 Å². The van der Waals surface area contributed by atoms with E-state index in [0.29, 0.717) is 24.6 Å². The van der Waals surface area contributed by atoms with E-state index in [4.69, 9.17) is 4.74 Å². The van der Waals surface area contributed by atoms with Crippen LogP contribution in [0.25, 0.3) is 11.1 Å². The van der Waals surface area contributed by atoms with Gasteiger partial charge >= 0.3 is 0 Å². The number of carbonyl (C=O) groups excluding carboxylic acids is 1. The lowest BCUT2D eigenvalue weighted by Crippen LogP contribution is -2.23. The van der Waals surface area contributed by atoms with Gasteiger partial charge in [-0.15, -0.1) is 0 Å². The van der Waals surface area contributed by atoms with Gasteiger partial charge in [-0.05, 0) is 30.7 Å². The lowest BCUT2D eigenvalue weighted by atomic mass is 10.1. The number of halogens is 1. The highest BCUT2D eigenvalue weighted by Gasteiger charge is 2.11. The highest BCUT2D eigenvalue weighted by Crippen LogP contribution is 2.30. The summed E-state index contributed by atoms with van der Waals surface area (Å²) in [6.07, 6.45) is 1.59. The van der Waals surface area contributed by atoms with E-state index in [9.17, 15) is 9.18 Å². The van der Waals surface area contributed by atoms with Crippen molar-refractivity contribution in [2.45, 2.75) is 13.5 Å². The van der Waals surface area contributed by atoms with Gasteiger partial charge in [-0.1, -0.05) is 36.4 Å². The van der Waals surface area contributed by atoms with E-state index in [1.807, 2.05) is 37.3 Å². The molecular weight excluding hydrogens is 331 g/mol. The Labute approximate surface area is 151 Å². The van der Waals surface area contributed by atoms with Crippen molar-refractivity contribution in [1.82, 2.24) is 10.3 Å². The van der Waals surface area contributed by atoms with Crippen molar-refractivity contribution in [3.63, 3.8) is 0 Å². The molecule has 0 radical (unpaired) electrons. The minimum absolute atomic E-state index is 0.246. The zero-order valence-corrected chi connectivity index (χ0v) is 14.4.